The summed E-state index contributed by atoms with van der Waals surface area (Å²) in [6.07, 6.45) is 0. The van der Waals surface area contributed by atoms with Gasteiger partial charge in [-0.1, -0.05) is 0 Å². The molecule has 0 aliphatic carbocycles. The first-order valence-corrected chi connectivity index (χ1v) is 6.94. The van der Waals surface area contributed by atoms with E-state index in [0.29, 0.717) is 5.56 Å². The molecule has 0 spiro atoms. The molecule has 0 radical (unpaired) electrons. The number of nitro benzene ring substituents is 1. The van der Waals surface area contributed by atoms with Crippen molar-refractivity contribution in [2.75, 3.05) is 5.73 Å². The molecule has 0 bridgehead atoms. The number of H-pyrrole nitrogens is 2. The van der Waals surface area contributed by atoms with Crippen molar-refractivity contribution in [1.82, 2.24) is 15.0 Å². The smallest absolute Gasteiger partial charge is 0.269 e. The first kappa shape index (κ1) is 15.3. The lowest BCUT2D eigenvalue weighted by molar-refractivity contribution is -0.384. The third kappa shape index (κ3) is 2.38. The van der Waals surface area contributed by atoms with Gasteiger partial charge in [-0.2, -0.15) is 5.26 Å². The molecule has 3 aromatic rings. The second-order valence-corrected chi connectivity index (χ2v) is 5.20. The highest BCUT2D eigenvalue weighted by molar-refractivity contribution is 7.71. The van der Waals surface area contributed by atoms with Crippen LogP contribution in [-0.2, 0) is 0 Å². The van der Waals surface area contributed by atoms with Gasteiger partial charge >= 0.3 is 0 Å². The van der Waals surface area contributed by atoms with Gasteiger partial charge in [-0.25, -0.2) is 4.98 Å². The zero-order valence-electron chi connectivity index (χ0n) is 11.9. The minimum absolute atomic E-state index is 0.00683. The highest BCUT2D eigenvalue weighted by Gasteiger charge is 2.19. The van der Waals surface area contributed by atoms with Crippen molar-refractivity contribution in [3.8, 4) is 17.2 Å². The van der Waals surface area contributed by atoms with Crippen molar-refractivity contribution >= 4 is 34.8 Å². The molecule has 2 heterocycles. The molecule has 1 aromatic carbocycles. The Labute approximate surface area is 138 Å². The van der Waals surface area contributed by atoms with Crippen molar-refractivity contribution in [3.05, 3.63) is 55.1 Å². The highest BCUT2D eigenvalue weighted by Crippen LogP contribution is 2.32. The van der Waals surface area contributed by atoms with Gasteiger partial charge in [0.25, 0.3) is 11.2 Å². The molecular weight excluding hydrogens is 332 g/mol. The summed E-state index contributed by atoms with van der Waals surface area (Å²) in [5.74, 6) is -0.0744. The van der Waals surface area contributed by atoms with Crippen LogP contribution in [-0.4, -0.2) is 19.9 Å². The maximum absolute atomic E-state index is 12.3. The average Bonchev–Trinajstić information content (AvgIpc) is 2.53. The number of benzene rings is 1. The lowest BCUT2D eigenvalue weighted by Crippen LogP contribution is -2.12. The van der Waals surface area contributed by atoms with Crippen LogP contribution in [0.2, 0.25) is 0 Å². The normalized spacial score (nSPS) is 10.5. The summed E-state index contributed by atoms with van der Waals surface area (Å²) in [6.45, 7) is 0. The van der Waals surface area contributed by atoms with Gasteiger partial charge in [0, 0.05) is 17.7 Å². The van der Waals surface area contributed by atoms with Crippen LogP contribution < -0.4 is 11.3 Å². The number of fused-ring (bicyclic) bond motifs is 1. The maximum atomic E-state index is 12.3. The number of rotatable bonds is 2. The van der Waals surface area contributed by atoms with Crippen molar-refractivity contribution < 1.29 is 4.92 Å². The zero-order chi connectivity index (χ0) is 17.4. The van der Waals surface area contributed by atoms with Crippen LogP contribution in [0.4, 0.5) is 11.5 Å². The predicted octanol–water partition coefficient (Wildman–Crippen LogP) is 2.01. The number of nitrogens with zero attached hydrogens (tertiary/aromatic N) is 3. The Hall–Kier alpha value is -3.58. The highest BCUT2D eigenvalue weighted by atomic mass is 32.1. The van der Waals surface area contributed by atoms with E-state index in [-0.39, 0.29) is 38.4 Å². The summed E-state index contributed by atoms with van der Waals surface area (Å²) in [7, 11) is 0. The number of hydrogen-bond acceptors (Lipinski definition) is 7. The fourth-order valence-corrected chi connectivity index (χ4v) is 2.56. The van der Waals surface area contributed by atoms with E-state index in [4.69, 9.17) is 18.0 Å². The summed E-state index contributed by atoms with van der Waals surface area (Å²) < 4.78 is 0.0683. The molecule has 3 rings (SSSR count). The molecule has 0 saturated carbocycles. The Kier molecular flexibility index (Phi) is 3.55. The van der Waals surface area contributed by atoms with E-state index in [1.54, 1.807) is 0 Å². The van der Waals surface area contributed by atoms with Crippen LogP contribution in [0.5, 0.6) is 0 Å². The SMILES string of the molecule is N#Cc1c(N)nc2[nH]c(=S)[nH]c(=O)c2c1-c1ccc([N+](=O)[O-])cc1. The molecule has 0 aliphatic rings. The molecule has 118 valence electrons. The molecule has 9 nitrogen and oxygen atoms in total. The monoisotopic (exact) mass is 340 g/mol. The molecule has 2 aromatic heterocycles. The fourth-order valence-electron chi connectivity index (χ4n) is 2.37. The number of nitrogen functional groups attached to an aromatic ring is 1. The van der Waals surface area contributed by atoms with Gasteiger partial charge in [-0.15, -0.1) is 0 Å². The van der Waals surface area contributed by atoms with E-state index in [9.17, 15) is 20.2 Å². The van der Waals surface area contributed by atoms with E-state index in [2.05, 4.69) is 15.0 Å². The van der Waals surface area contributed by atoms with Crippen LogP contribution in [0.1, 0.15) is 5.56 Å². The zero-order valence-corrected chi connectivity index (χ0v) is 12.7. The summed E-state index contributed by atoms with van der Waals surface area (Å²) in [4.78, 5) is 31.7. The largest absolute Gasteiger partial charge is 0.383 e. The number of nitrogens with two attached hydrogens (primary N) is 1. The van der Waals surface area contributed by atoms with Gasteiger partial charge in [0.2, 0.25) is 0 Å². The van der Waals surface area contributed by atoms with Crippen molar-refractivity contribution in [1.29, 1.82) is 5.26 Å². The Morgan fingerprint density at radius 3 is 2.54 bits per heavy atom. The summed E-state index contributed by atoms with van der Waals surface area (Å²) in [5.41, 5.74) is 5.96. The minimum atomic E-state index is -0.544. The summed E-state index contributed by atoms with van der Waals surface area (Å²) in [5, 5.41) is 20.3. The number of pyridine rings is 1. The third-order valence-corrected chi connectivity index (χ3v) is 3.59. The topological polar surface area (TPSA) is 154 Å². The van der Waals surface area contributed by atoms with Gasteiger partial charge in [-0.05, 0) is 29.9 Å². The summed E-state index contributed by atoms with van der Waals surface area (Å²) >= 11 is 4.91. The number of anilines is 1. The molecule has 0 atom stereocenters. The van der Waals surface area contributed by atoms with Gasteiger partial charge < -0.3 is 10.7 Å². The van der Waals surface area contributed by atoms with E-state index >= 15 is 0 Å². The molecule has 0 amide bonds. The number of nitro groups is 1. The van der Waals surface area contributed by atoms with E-state index in [0.717, 1.165) is 0 Å². The van der Waals surface area contributed by atoms with Gasteiger partial charge in [0.05, 0.1) is 10.3 Å². The molecule has 0 aliphatic heterocycles. The van der Waals surface area contributed by atoms with Gasteiger partial charge in [-0.3, -0.25) is 19.9 Å². The van der Waals surface area contributed by atoms with Crippen LogP contribution in [0.3, 0.4) is 0 Å². The van der Waals surface area contributed by atoms with E-state index < -0.39 is 10.5 Å². The molecule has 10 heteroatoms. The average molecular weight is 340 g/mol. The number of hydrogen-bond donors (Lipinski definition) is 3. The Balaban J connectivity index is 2.45. The summed E-state index contributed by atoms with van der Waals surface area (Å²) in [6, 6.07) is 7.35. The predicted molar refractivity (Wildman–Crippen MR) is 88.8 cm³/mol. The van der Waals surface area contributed by atoms with Gasteiger partial charge in [0.1, 0.15) is 23.1 Å². The van der Waals surface area contributed by atoms with Crippen LogP contribution in [0.15, 0.2) is 29.1 Å². The lowest BCUT2D eigenvalue weighted by Gasteiger charge is -2.10. The van der Waals surface area contributed by atoms with Crippen molar-refractivity contribution in [2.45, 2.75) is 0 Å². The first-order valence-electron chi connectivity index (χ1n) is 6.53. The maximum Gasteiger partial charge on any atom is 0.269 e. The quantitative estimate of drug-likeness (QED) is 0.366. The Morgan fingerprint density at radius 2 is 1.96 bits per heavy atom. The molecule has 0 unspecified atom stereocenters. The van der Waals surface area contributed by atoms with E-state index in [1.807, 2.05) is 6.07 Å². The third-order valence-electron chi connectivity index (χ3n) is 3.39. The van der Waals surface area contributed by atoms with E-state index in [1.165, 1.54) is 24.3 Å². The molecule has 4 N–H and O–H groups in total. The Morgan fingerprint density at radius 1 is 1.29 bits per heavy atom. The number of nitrogens with one attached hydrogen (secondary N) is 2. The van der Waals surface area contributed by atoms with Crippen LogP contribution >= 0.6 is 12.2 Å². The molecule has 24 heavy (non-hydrogen) atoms. The minimum Gasteiger partial charge on any atom is -0.383 e. The Bertz CT molecular complexity index is 1140. The second-order valence-electron chi connectivity index (χ2n) is 4.79. The van der Waals surface area contributed by atoms with Gasteiger partial charge in [0.15, 0.2) is 4.77 Å². The van der Waals surface area contributed by atoms with Crippen molar-refractivity contribution in [3.63, 3.8) is 0 Å². The number of non-ortho nitro benzene ring substituents is 1. The molecule has 0 saturated heterocycles. The fraction of sp³-hybridized carbons (Fsp3) is 0. The number of aromatic amines is 2. The molecular formula is C14H8N6O3S. The second kappa shape index (κ2) is 5.56. The standard InChI is InChI=1S/C14H8N6O3S/c15-5-8-9(6-1-3-7(4-2-6)20(22)23)10-12(17-11(8)16)18-14(24)19-13(10)21/h1-4H,(H4,16,17,18,19,21,24). The number of nitriles is 1. The number of aromatic nitrogens is 3. The first-order chi connectivity index (χ1) is 11.4. The molecule has 0 fully saturated rings. The van der Waals surface area contributed by atoms with Crippen LogP contribution in [0, 0.1) is 26.2 Å². The van der Waals surface area contributed by atoms with Crippen molar-refractivity contribution in [2.24, 2.45) is 0 Å². The lowest BCUT2D eigenvalue weighted by atomic mass is 9.98. The van der Waals surface area contributed by atoms with Crippen LogP contribution in [0.25, 0.3) is 22.2 Å².